The van der Waals surface area contributed by atoms with E-state index in [1.807, 2.05) is 0 Å². The van der Waals surface area contributed by atoms with E-state index in [1.165, 1.54) is 36.9 Å². The first-order valence-electron chi connectivity index (χ1n) is 4.58. The number of aryl methyl sites for hydroxylation is 1. The number of nitrogens with zero attached hydrogens (tertiary/aromatic N) is 2. The molecule has 61 valence electrons. The Hall–Kier alpha value is -0.920. The minimum atomic E-state index is 0.661. The van der Waals surface area contributed by atoms with Crippen LogP contribution in [0.2, 0.25) is 0 Å². The van der Waals surface area contributed by atoms with Gasteiger partial charge in [-0.25, -0.2) is 9.97 Å². The summed E-state index contributed by atoms with van der Waals surface area (Å²) in [4.78, 5) is 8.23. The third-order valence-corrected chi connectivity index (χ3v) is 3.22. The van der Waals surface area contributed by atoms with Gasteiger partial charge >= 0.3 is 0 Å². The lowest BCUT2D eigenvalue weighted by Crippen LogP contribution is -2.16. The summed E-state index contributed by atoms with van der Waals surface area (Å²) in [6, 6.07) is 0. The van der Waals surface area contributed by atoms with Crippen LogP contribution in [0.5, 0.6) is 0 Å². The molecule has 1 aromatic rings. The summed E-state index contributed by atoms with van der Waals surface area (Å²) in [5, 5.41) is 0. The fraction of sp³-hybridized carbons (Fsp3) is 0.600. The van der Waals surface area contributed by atoms with Gasteiger partial charge in [0.2, 0.25) is 0 Å². The molecule has 1 fully saturated rings. The van der Waals surface area contributed by atoms with Crippen LogP contribution < -0.4 is 0 Å². The van der Waals surface area contributed by atoms with Gasteiger partial charge in [-0.15, -0.1) is 0 Å². The average molecular weight is 159 g/mol. The van der Waals surface area contributed by atoms with E-state index in [9.17, 15) is 0 Å². The Morgan fingerprint density at radius 1 is 1.33 bits per heavy atom. The maximum absolute atomic E-state index is 4.27. The summed E-state index contributed by atoms with van der Waals surface area (Å²) in [6.45, 7) is 0. The van der Waals surface area contributed by atoms with E-state index in [2.05, 4.69) is 16.2 Å². The summed E-state index contributed by atoms with van der Waals surface area (Å²) in [7, 11) is 0. The Morgan fingerprint density at radius 3 is 3.08 bits per heavy atom. The molecular weight excluding hydrogens is 148 g/mol. The number of aromatic nitrogens is 2. The lowest BCUT2D eigenvalue weighted by atomic mass is 9.85. The first-order chi connectivity index (χ1) is 5.88. The quantitative estimate of drug-likeness (QED) is 0.574. The summed E-state index contributed by atoms with van der Waals surface area (Å²) in [5.74, 6) is 0. The molecule has 0 aliphatic heterocycles. The van der Waals surface area contributed by atoms with Gasteiger partial charge in [0.25, 0.3) is 0 Å². The minimum absolute atomic E-state index is 0.661. The monoisotopic (exact) mass is 159 g/mol. The second-order valence-corrected chi connectivity index (χ2v) is 4.09. The van der Waals surface area contributed by atoms with E-state index in [-0.39, 0.29) is 0 Å². The highest BCUT2D eigenvalue weighted by molar-refractivity contribution is 5.23. The van der Waals surface area contributed by atoms with Crippen LogP contribution in [-0.4, -0.2) is 9.97 Å². The fourth-order valence-corrected chi connectivity index (χ4v) is 2.16. The van der Waals surface area contributed by atoms with Crippen molar-refractivity contribution >= 4 is 0 Å². The lowest BCUT2D eigenvalue weighted by Gasteiger charge is -2.21. The minimum Gasteiger partial charge on any atom is -0.241 e. The zero-order chi connectivity index (χ0) is 8.02. The van der Waals surface area contributed by atoms with E-state index in [4.69, 9.17) is 0 Å². The first-order valence-corrected chi connectivity index (χ1v) is 4.58. The van der Waals surface area contributed by atoms with Crippen LogP contribution in [0, 0.1) is 11.6 Å². The van der Waals surface area contributed by atoms with Gasteiger partial charge in [-0.2, -0.15) is 0 Å². The van der Waals surface area contributed by atoms with Gasteiger partial charge < -0.3 is 0 Å². The van der Waals surface area contributed by atoms with Gasteiger partial charge in [0.05, 0.1) is 6.20 Å². The van der Waals surface area contributed by atoms with Crippen molar-refractivity contribution < 1.29 is 0 Å². The van der Waals surface area contributed by atoms with E-state index in [1.54, 1.807) is 6.33 Å². The highest BCUT2D eigenvalue weighted by Gasteiger charge is 2.44. The van der Waals surface area contributed by atoms with Crippen molar-refractivity contribution in [1.82, 2.24) is 9.97 Å². The van der Waals surface area contributed by atoms with Crippen LogP contribution in [0.1, 0.15) is 30.5 Å². The van der Waals surface area contributed by atoms with E-state index >= 15 is 0 Å². The summed E-state index contributed by atoms with van der Waals surface area (Å²) >= 11 is 0. The van der Waals surface area contributed by atoms with Crippen molar-refractivity contribution in [1.29, 1.82) is 0 Å². The van der Waals surface area contributed by atoms with Crippen LogP contribution in [0.3, 0.4) is 0 Å². The maximum Gasteiger partial charge on any atom is 0.116 e. The predicted octanol–water partition coefficient (Wildman–Crippen LogP) is 1.55. The molecule has 3 rings (SSSR count). The smallest absolute Gasteiger partial charge is 0.116 e. The Balaban J connectivity index is 2.01. The number of fused-ring (bicyclic) bond motifs is 1. The molecule has 0 N–H and O–H groups in total. The van der Waals surface area contributed by atoms with E-state index in [0.29, 0.717) is 5.41 Å². The van der Waals surface area contributed by atoms with Gasteiger partial charge in [-0.05, 0) is 37.5 Å². The molecule has 1 spiro atoms. The van der Waals surface area contributed by atoms with Crippen LogP contribution in [0.25, 0.3) is 0 Å². The van der Waals surface area contributed by atoms with Crippen LogP contribution in [-0.2, 0) is 12.8 Å². The molecule has 12 heavy (non-hydrogen) atoms. The third kappa shape index (κ3) is 0.872. The molecule has 1 radical (unpaired) electrons. The molecule has 2 aliphatic carbocycles. The Bertz CT molecular complexity index is 315. The van der Waals surface area contributed by atoms with Crippen molar-refractivity contribution in [3.63, 3.8) is 0 Å². The number of rotatable bonds is 0. The van der Waals surface area contributed by atoms with Crippen LogP contribution in [0.4, 0.5) is 0 Å². The molecule has 2 heteroatoms. The lowest BCUT2D eigenvalue weighted by molar-refractivity contribution is 0.430. The highest BCUT2D eigenvalue weighted by Crippen LogP contribution is 2.54. The molecule has 0 unspecified atom stereocenters. The summed E-state index contributed by atoms with van der Waals surface area (Å²) in [5.41, 5.74) is 3.18. The van der Waals surface area contributed by atoms with Crippen molar-refractivity contribution in [2.75, 3.05) is 0 Å². The zero-order valence-electron chi connectivity index (χ0n) is 7.01. The topological polar surface area (TPSA) is 25.8 Å². The van der Waals surface area contributed by atoms with Crippen LogP contribution in [0.15, 0.2) is 6.33 Å². The number of hydrogen-bond donors (Lipinski definition) is 0. The van der Waals surface area contributed by atoms with Gasteiger partial charge in [0, 0.05) is 11.3 Å². The number of hydrogen-bond acceptors (Lipinski definition) is 2. The largest absolute Gasteiger partial charge is 0.241 e. The van der Waals surface area contributed by atoms with Crippen molar-refractivity contribution in [2.24, 2.45) is 5.41 Å². The Morgan fingerprint density at radius 2 is 2.25 bits per heavy atom. The zero-order valence-corrected chi connectivity index (χ0v) is 7.01. The summed E-state index contributed by atoms with van der Waals surface area (Å²) in [6.07, 6.45) is 11.2. The van der Waals surface area contributed by atoms with Crippen molar-refractivity contribution in [2.45, 2.75) is 32.1 Å². The maximum atomic E-state index is 4.27. The molecule has 2 nitrogen and oxygen atoms in total. The molecule has 0 bridgehead atoms. The van der Waals surface area contributed by atoms with E-state index < -0.39 is 0 Å². The Labute approximate surface area is 72.0 Å². The predicted molar refractivity (Wildman–Crippen MR) is 44.6 cm³/mol. The molecule has 0 atom stereocenters. The molecule has 2 aliphatic rings. The molecular formula is C10H11N2. The molecule has 0 aromatic carbocycles. The van der Waals surface area contributed by atoms with Crippen molar-refractivity contribution in [3.8, 4) is 0 Å². The van der Waals surface area contributed by atoms with Gasteiger partial charge in [-0.3, -0.25) is 0 Å². The second-order valence-electron chi connectivity index (χ2n) is 4.09. The van der Waals surface area contributed by atoms with E-state index in [0.717, 1.165) is 6.42 Å². The third-order valence-electron chi connectivity index (χ3n) is 3.22. The normalized spacial score (nSPS) is 23.7. The molecule has 0 saturated heterocycles. The van der Waals surface area contributed by atoms with Gasteiger partial charge in [0.15, 0.2) is 0 Å². The molecule has 1 aromatic heterocycles. The second kappa shape index (κ2) is 2.06. The standard InChI is InChI=1S/C10H11N2/c1-2-10(3-4-10)5-8-6-11-7-12-9(1)8/h7H,1-5H2. The van der Waals surface area contributed by atoms with Crippen molar-refractivity contribution in [3.05, 3.63) is 23.8 Å². The van der Waals surface area contributed by atoms with Gasteiger partial charge in [0.1, 0.15) is 6.33 Å². The molecule has 1 saturated carbocycles. The highest BCUT2D eigenvalue weighted by atomic mass is 14.8. The van der Waals surface area contributed by atoms with Gasteiger partial charge in [-0.1, -0.05) is 0 Å². The molecule has 1 heterocycles. The SMILES string of the molecule is [c]1ncnc2c1CC1(CC2)CC1. The summed E-state index contributed by atoms with van der Waals surface area (Å²) < 4.78 is 0. The average Bonchev–Trinajstić information content (AvgIpc) is 2.85. The Kier molecular flexibility index (Phi) is 1.13. The first kappa shape index (κ1) is 6.58. The fourth-order valence-electron chi connectivity index (χ4n) is 2.16. The molecule has 0 amide bonds. The van der Waals surface area contributed by atoms with Crippen LogP contribution >= 0.6 is 0 Å².